The fourth-order valence-corrected chi connectivity index (χ4v) is 0.523. The fraction of sp³-hybridized carbons (Fsp3) is 1.00. The zero-order chi connectivity index (χ0) is 12.5. The van der Waals surface area contributed by atoms with Gasteiger partial charge < -0.3 is 4.74 Å². The maximum Gasteiger partial charge on any atom is 0.0514 e. The van der Waals surface area contributed by atoms with Gasteiger partial charge in [0.05, 0.1) is 6.61 Å². The van der Waals surface area contributed by atoms with Crippen LogP contribution in [-0.2, 0) is 4.74 Å². The highest BCUT2D eigenvalue weighted by Crippen LogP contribution is 2.16. The Morgan fingerprint density at radius 3 is 1.38 bits per heavy atom. The van der Waals surface area contributed by atoms with Gasteiger partial charge in [0.1, 0.15) is 0 Å². The molecule has 0 unspecified atom stereocenters. The summed E-state index contributed by atoms with van der Waals surface area (Å²) in [6.45, 7) is 19.4. The Bertz CT molecular complexity index is 125. The molecule has 0 aromatic rings. The molecule has 0 fully saturated rings. The monoisotopic (exact) mass is 232 g/mol. The van der Waals surface area contributed by atoms with Crippen molar-refractivity contribution in [3.05, 3.63) is 0 Å². The summed E-state index contributed by atoms with van der Waals surface area (Å²) in [6.07, 6.45) is 2.39. The van der Waals surface area contributed by atoms with E-state index in [-0.39, 0.29) is 7.43 Å². The van der Waals surface area contributed by atoms with E-state index < -0.39 is 0 Å². The first-order valence-electron chi connectivity index (χ1n) is 6.20. The lowest BCUT2D eigenvalue weighted by atomic mass is 9.94. The predicted molar refractivity (Wildman–Crippen MR) is 77.0 cm³/mol. The van der Waals surface area contributed by atoms with Crippen molar-refractivity contribution in [1.29, 1.82) is 0 Å². The van der Waals surface area contributed by atoms with Crippen LogP contribution in [0.25, 0.3) is 0 Å². The van der Waals surface area contributed by atoms with Gasteiger partial charge in [-0.05, 0) is 17.3 Å². The number of rotatable bonds is 3. The predicted octanol–water partition coefficient (Wildman–Crippen LogP) is 5.54. The second kappa shape index (κ2) is 10.1. The van der Waals surface area contributed by atoms with Crippen molar-refractivity contribution >= 4 is 0 Å². The van der Waals surface area contributed by atoms with Crippen molar-refractivity contribution in [2.75, 3.05) is 13.2 Å². The van der Waals surface area contributed by atoms with Gasteiger partial charge in [0.2, 0.25) is 0 Å². The molecule has 0 bridgehead atoms. The summed E-state index contributed by atoms with van der Waals surface area (Å²) in [5, 5.41) is 0. The molecule has 0 saturated carbocycles. The van der Waals surface area contributed by atoms with Gasteiger partial charge in [0.15, 0.2) is 0 Å². The van der Waals surface area contributed by atoms with Crippen LogP contribution in [0.4, 0.5) is 0 Å². The maximum absolute atomic E-state index is 5.35. The standard InChI is InChI=1S/C8H18O.C6H14.CH4/c1-5-6-9-7-8(2,3)4;1-5-6(2,3)4;/h5-7H2,1-4H3;5H2,1-4H3;1H4. The van der Waals surface area contributed by atoms with Gasteiger partial charge >= 0.3 is 0 Å². The van der Waals surface area contributed by atoms with Crippen LogP contribution in [0.15, 0.2) is 0 Å². The molecule has 0 heterocycles. The van der Waals surface area contributed by atoms with Crippen LogP contribution in [0.1, 0.15) is 75.7 Å². The molecule has 0 aliphatic rings. The lowest BCUT2D eigenvalue weighted by Gasteiger charge is -2.17. The Hall–Kier alpha value is -0.0400. The van der Waals surface area contributed by atoms with Gasteiger partial charge in [-0.1, -0.05) is 69.2 Å². The second-order valence-electron chi connectivity index (χ2n) is 6.53. The first-order valence-corrected chi connectivity index (χ1v) is 6.20. The highest BCUT2D eigenvalue weighted by atomic mass is 16.5. The van der Waals surface area contributed by atoms with E-state index in [1.54, 1.807) is 0 Å². The molecule has 0 amide bonds. The van der Waals surface area contributed by atoms with Crippen LogP contribution in [-0.4, -0.2) is 13.2 Å². The summed E-state index contributed by atoms with van der Waals surface area (Å²) in [6, 6.07) is 0. The van der Waals surface area contributed by atoms with Crippen LogP contribution < -0.4 is 0 Å². The van der Waals surface area contributed by atoms with E-state index in [0.29, 0.717) is 10.8 Å². The molecule has 0 rings (SSSR count). The third-order valence-corrected chi connectivity index (χ3v) is 1.94. The summed E-state index contributed by atoms with van der Waals surface area (Å²) in [4.78, 5) is 0. The van der Waals surface area contributed by atoms with Crippen molar-refractivity contribution in [2.45, 2.75) is 75.7 Å². The summed E-state index contributed by atoms with van der Waals surface area (Å²) in [5.74, 6) is 0. The Labute approximate surface area is 105 Å². The van der Waals surface area contributed by atoms with Crippen molar-refractivity contribution in [2.24, 2.45) is 10.8 Å². The molecule has 0 N–H and O–H groups in total. The van der Waals surface area contributed by atoms with E-state index in [1.807, 2.05) is 0 Å². The fourth-order valence-electron chi connectivity index (χ4n) is 0.523. The second-order valence-corrected chi connectivity index (χ2v) is 6.53. The quantitative estimate of drug-likeness (QED) is 0.581. The Kier molecular flexibility index (Phi) is 13.5. The minimum absolute atomic E-state index is 0. The maximum atomic E-state index is 5.35. The molecule has 0 atom stereocenters. The first-order chi connectivity index (χ1) is 6.62. The average molecular weight is 232 g/mol. The summed E-state index contributed by atoms with van der Waals surface area (Å²) in [7, 11) is 0. The van der Waals surface area contributed by atoms with E-state index in [4.69, 9.17) is 4.74 Å². The van der Waals surface area contributed by atoms with Crippen molar-refractivity contribution < 1.29 is 4.74 Å². The van der Waals surface area contributed by atoms with Crippen LogP contribution in [0, 0.1) is 10.8 Å². The lowest BCUT2D eigenvalue weighted by Crippen LogP contribution is -2.14. The summed E-state index contributed by atoms with van der Waals surface area (Å²) in [5.41, 5.74) is 0.870. The SMILES string of the molecule is C.CCC(C)(C)C.CCCOCC(C)(C)C. The minimum atomic E-state index is 0. The van der Waals surface area contributed by atoms with Crippen LogP contribution >= 0.6 is 0 Å². The van der Waals surface area contributed by atoms with Gasteiger partial charge in [-0.2, -0.15) is 0 Å². The van der Waals surface area contributed by atoms with E-state index >= 15 is 0 Å². The average Bonchev–Trinajstić information content (AvgIpc) is 2.02. The molecular formula is C15H36O. The van der Waals surface area contributed by atoms with E-state index in [2.05, 4.69) is 55.4 Å². The zero-order valence-electron chi connectivity index (χ0n) is 12.2. The molecule has 0 radical (unpaired) electrons. The third-order valence-electron chi connectivity index (χ3n) is 1.94. The van der Waals surface area contributed by atoms with Crippen molar-refractivity contribution in [1.82, 2.24) is 0 Å². The topological polar surface area (TPSA) is 9.23 Å². The molecule has 1 heteroatoms. The highest BCUT2D eigenvalue weighted by molar-refractivity contribution is 4.58. The molecule has 0 aromatic heterocycles. The van der Waals surface area contributed by atoms with E-state index in [0.717, 1.165) is 19.6 Å². The molecule has 0 aliphatic heterocycles. The Morgan fingerprint density at radius 1 is 0.812 bits per heavy atom. The van der Waals surface area contributed by atoms with Crippen LogP contribution in [0.3, 0.4) is 0 Å². The van der Waals surface area contributed by atoms with Gasteiger partial charge in [0, 0.05) is 6.61 Å². The molecule has 0 aromatic carbocycles. The van der Waals surface area contributed by atoms with E-state index in [9.17, 15) is 0 Å². The Balaban J connectivity index is -0.000000214. The van der Waals surface area contributed by atoms with Gasteiger partial charge in [0.25, 0.3) is 0 Å². The Morgan fingerprint density at radius 2 is 1.19 bits per heavy atom. The molecule has 1 nitrogen and oxygen atoms in total. The normalized spacial score (nSPS) is 11.2. The van der Waals surface area contributed by atoms with Crippen molar-refractivity contribution in [3.8, 4) is 0 Å². The molecule has 102 valence electrons. The lowest BCUT2D eigenvalue weighted by molar-refractivity contribution is 0.0717. The van der Waals surface area contributed by atoms with E-state index in [1.165, 1.54) is 6.42 Å². The van der Waals surface area contributed by atoms with Crippen molar-refractivity contribution in [3.63, 3.8) is 0 Å². The third kappa shape index (κ3) is 29.2. The summed E-state index contributed by atoms with van der Waals surface area (Å²) < 4.78 is 5.35. The minimum Gasteiger partial charge on any atom is -0.381 e. The zero-order valence-corrected chi connectivity index (χ0v) is 12.2. The number of ether oxygens (including phenoxy) is 1. The highest BCUT2D eigenvalue weighted by Gasteiger charge is 2.08. The first kappa shape index (κ1) is 21.3. The molecular weight excluding hydrogens is 196 g/mol. The smallest absolute Gasteiger partial charge is 0.0514 e. The molecule has 0 saturated heterocycles. The molecule has 16 heavy (non-hydrogen) atoms. The molecule has 0 aliphatic carbocycles. The van der Waals surface area contributed by atoms with Gasteiger partial charge in [-0.25, -0.2) is 0 Å². The van der Waals surface area contributed by atoms with Gasteiger partial charge in [-0.3, -0.25) is 0 Å². The van der Waals surface area contributed by atoms with Gasteiger partial charge in [-0.15, -0.1) is 0 Å². The largest absolute Gasteiger partial charge is 0.381 e. The number of hydrogen-bond acceptors (Lipinski definition) is 1. The molecule has 0 spiro atoms. The number of hydrogen-bond donors (Lipinski definition) is 0. The summed E-state index contributed by atoms with van der Waals surface area (Å²) >= 11 is 0. The van der Waals surface area contributed by atoms with Crippen LogP contribution in [0.5, 0.6) is 0 Å². The van der Waals surface area contributed by atoms with Crippen LogP contribution in [0.2, 0.25) is 0 Å².